The van der Waals surface area contributed by atoms with Crippen molar-refractivity contribution in [2.45, 2.75) is 44.6 Å². The number of unbranched alkanes of at least 4 members (excludes halogenated alkanes) is 1. The van der Waals surface area contributed by atoms with E-state index in [4.69, 9.17) is 0 Å². The van der Waals surface area contributed by atoms with Gasteiger partial charge in [0.2, 0.25) is 10.0 Å². The Balaban J connectivity index is 2.05. The van der Waals surface area contributed by atoms with Crippen LogP contribution in [0.25, 0.3) is 0 Å². The lowest BCUT2D eigenvalue weighted by molar-refractivity contribution is 0.581. The van der Waals surface area contributed by atoms with Crippen LogP contribution in [0.15, 0.2) is 35.4 Å². The van der Waals surface area contributed by atoms with Crippen LogP contribution < -0.4 is 4.72 Å². The van der Waals surface area contributed by atoms with Crippen molar-refractivity contribution >= 4 is 10.0 Å². The first-order valence-electron chi connectivity index (χ1n) is 7.50. The normalized spacial score (nSPS) is 11.8. The zero-order chi connectivity index (χ0) is 16.2. The molecule has 1 heterocycles. The van der Waals surface area contributed by atoms with Crippen LogP contribution in [0.4, 0.5) is 0 Å². The van der Waals surface area contributed by atoms with Gasteiger partial charge < -0.3 is 0 Å². The molecule has 1 aromatic heterocycles. The zero-order valence-corrected chi connectivity index (χ0v) is 14.2. The Kier molecular flexibility index (Phi) is 5.37. The molecule has 6 heteroatoms. The minimum Gasteiger partial charge on any atom is -0.275 e. The summed E-state index contributed by atoms with van der Waals surface area (Å²) >= 11 is 0. The van der Waals surface area contributed by atoms with Gasteiger partial charge in [-0.1, -0.05) is 25.5 Å². The van der Waals surface area contributed by atoms with Gasteiger partial charge in [0.15, 0.2) is 0 Å². The highest BCUT2D eigenvalue weighted by Gasteiger charge is 2.14. The molecule has 2 aromatic rings. The van der Waals surface area contributed by atoms with Gasteiger partial charge in [-0.15, -0.1) is 0 Å². The van der Waals surface area contributed by atoms with Crippen molar-refractivity contribution in [2.75, 3.05) is 0 Å². The molecule has 0 radical (unpaired) electrons. The Bertz CT molecular complexity index is 718. The maximum atomic E-state index is 12.3. The Morgan fingerprint density at radius 1 is 1.23 bits per heavy atom. The van der Waals surface area contributed by atoms with E-state index in [9.17, 15) is 8.42 Å². The molecule has 120 valence electrons. The standard InChI is InChI=1S/C16H23N3O2S/c1-4-5-6-14-7-9-16(10-8-14)22(20,21)17-11-15-12-19(3)18-13(15)2/h7-10,12,17H,4-6,11H2,1-3H3. The third-order valence-corrected chi connectivity index (χ3v) is 5.04. The van der Waals surface area contributed by atoms with Gasteiger partial charge >= 0.3 is 0 Å². The van der Waals surface area contributed by atoms with E-state index in [1.807, 2.05) is 32.3 Å². The fourth-order valence-corrected chi connectivity index (χ4v) is 3.30. The molecular weight excluding hydrogens is 298 g/mol. The number of nitrogens with zero attached hydrogens (tertiary/aromatic N) is 2. The van der Waals surface area contributed by atoms with E-state index in [1.165, 1.54) is 5.56 Å². The molecule has 5 nitrogen and oxygen atoms in total. The minimum atomic E-state index is -3.49. The average Bonchev–Trinajstić information content (AvgIpc) is 2.81. The Labute approximate surface area is 132 Å². The molecule has 0 atom stereocenters. The Morgan fingerprint density at radius 3 is 2.45 bits per heavy atom. The number of hydrogen-bond acceptors (Lipinski definition) is 3. The predicted molar refractivity (Wildman–Crippen MR) is 87.0 cm³/mol. The average molecular weight is 321 g/mol. The maximum Gasteiger partial charge on any atom is 0.240 e. The lowest BCUT2D eigenvalue weighted by Crippen LogP contribution is -2.23. The van der Waals surface area contributed by atoms with Crippen LogP contribution in [0.5, 0.6) is 0 Å². The smallest absolute Gasteiger partial charge is 0.240 e. The Morgan fingerprint density at radius 2 is 1.91 bits per heavy atom. The highest BCUT2D eigenvalue weighted by atomic mass is 32.2. The van der Waals surface area contributed by atoms with Gasteiger partial charge in [0.05, 0.1) is 10.6 Å². The zero-order valence-electron chi connectivity index (χ0n) is 13.3. The molecule has 0 unspecified atom stereocenters. The SMILES string of the molecule is CCCCc1ccc(S(=O)(=O)NCc2cn(C)nc2C)cc1. The van der Waals surface area contributed by atoms with Gasteiger partial charge in [-0.2, -0.15) is 5.10 Å². The van der Waals surface area contributed by atoms with Crippen molar-refractivity contribution in [1.29, 1.82) is 0 Å². The second-order valence-corrected chi connectivity index (χ2v) is 7.25. The number of sulfonamides is 1. The van der Waals surface area contributed by atoms with E-state index in [2.05, 4.69) is 16.7 Å². The first-order valence-corrected chi connectivity index (χ1v) is 8.98. The molecule has 0 saturated heterocycles. The molecule has 22 heavy (non-hydrogen) atoms. The van der Waals surface area contributed by atoms with E-state index in [0.717, 1.165) is 30.5 Å². The first-order chi connectivity index (χ1) is 10.4. The molecule has 0 aliphatic carbocycles. The van der Waals surface area contributed by atoms with E-state index in [1.54, 1.807) is 16.8 Å². The summed E-state index contributed by atoms with van der Waals surface area (Å²) in [5, 5.41) is 4.21. The van der Waals surface area contributed by atoms with Crippen molar-refractivity contribution in [3.63, 3.8) is 0 Å². The summed E-state index contributed by atoms with van der Waals surface area (Å²) in [6.45, 7) is 4.26. The number of benzene rings is 1. The van der Waals surface area contributed by atoms with Crippen LogP contribution in [-0.2, 0) is 30.0 Å². The van der Waals surface area contributed by atoms with Crippen LogP contribution in [0.2, 0.25) is 0 Å². The van der Waals surface area contributed by atoms with E-state index >= 15 is 0 Å². The monoisotopic (exact) mass is 321 g/mol. The fraction of sp³-hybridized carbons (Fsp3) is 0.438. The van der Waals surface area contributed by atoms with E-state index in [0.29, 0.717) is 4.90 Å². The van der Waals surface area contributed by atoms with Gasteiger partial charge in [-0.25, -0.2) is 13.1 Å². The van der Waals surface area contributed by atoms with Crippen LogP contribution in [-0.4, -0.2) is 18.2 Å². The van der Waals surface area contributed by atoms with Crippen LogP contribution in [0.1, 0.15) is 36.6 Å². The number of nitrogens with one attached hydrogen (secondary N) is 1. The van der Waals surface area contributed by atoms with Crippen LogP contribution >= 0.6 is 0 Å². The van der Waals surface area contributed by atoms with E-state index in [-0.39, 0.29) is 6.54 Å². The second kappa shape index (κ2) is 7.07. The lowest BCUT2D eigenvalue weighted by atomic mass is 10.1. The number of rotatable bonds is 7. The molecule has 0 bridgehead atoms. The predicted octanol–water partition coefficient (Wildman–Crippen LogP) is 2.55. The highest BCUT2D eigenvalue weighted by molar-refractivity contribution is 7.89. The lowest BCUT2D eigenvalue weighted by Gasteiger charge is -2.07. The molecule has 1 N–H and O–H groups in total. The first kappa shape index (κ1) is 16.7. The summed E-state index contributed by atoms with van der Waals surface area (Å²) in [7, 11) is -1.67. The molecule has 0 aliphatic heterocycles. The van der Waals surface area contributed by atoms with Gasteiger partial charge in [0.25, 0.3) is 0 Å². The molecule has 0 aliphatic rings. The van der Waals surface area contributed by atoms with Gasteiger partial charge in [-0.3, -0.25) is 4.68 Å². The van der Waals surface area contributed by atoms with Crippen molar-refractivity contribution in [3.8, 4) is 0 Å². The second-order valence-electron chi connectivity index (χ2n) is 5.49. The van der Waals surface area contributed by atoms with E-state index < -0.39 is 10.0 Å². The van der Waals surface area contributed by atoms with Gasteiger partial charge in [0, 0.05) is 25.4 Å². The third kappa shape index (κ3) is 4.18. The quantitative estimate of drug-likeness (QED) is 0.852. The summed E-state index contributed by atoms with van der Waals surface area (Å²) in [5.41, 5.74) is 2.88. The fourth-order valence-electron chi connectivity index (χ4n) is 2.29. The maximum absolute atomic E-state index is 12.3. The van der Waals surface area contributed by atoms with Crippen LogP contribution in [0.3, 0.4) is 0 Å². The number of aryl methyl sites for hydroxylation is 3. The summed E-state index contributed by atoms with van der Waals surface area (Å²) in [6.07, 6.45) is 5.06. The molecule has 0 fully saturated rings. The number of hydrogen-bond donors (Lipinski definition) is 1. The third-order valence-electron chi connectivity index (χ3n) is 3.62. The summed E-state index contributed by atoms with van der Waals surface area (Å²) in [6, 6.07) is 7.12. The summed E-state index contributed by atoms with van der Waals surface area (Å²) < 4.78 is 28.9. The molecule has 0 spiro atoms. The summed E-state index contributed by atoms with van der Waals surface area (Å²) in [4.78, 5) is 0.300. The van der Waals surface area contributed by atoms with Gasteiger partial charge in [0.1, 0.15) is 0 Å². The van der Waals surface area contributed by atoms with Gasteiger partial charge in [-0.05, 0) is 37.5 Å². The van der Waals surface area contributed by atoms with Crippen molar-refractivity contribution in [2.24, 2.45) is 7.05 Å². The van der Waals surface area contributed by atoms with Crippen molar-refractivity contribution in [3.05, 3.63) is 47.3 Å². The molecule has 1 aromatic carbocycles. The Hall–Kier alpha value is -1.66. The molecule has 0 amide bonds. The topological polar surface area (TPSA) is 64.0 Å². The molecule has 0 saturated carbocycles. The molecule has 2 rings (SSSR count). The largest absolute Gasteiger partial charge is 0.275 e. The summed E-state index contributed by atoms with van der Waals surface area (Å²) in [5.74, 6) is 0. The number of aromatic nitrogens is 2. The molecular formula is C16H23N3O2S. The van der Waals surface area contributed by atoms with Crippen LogP contribution in [0, 0.1) is 6.92 Å². The van der Waals surface area contributed by atoms with Crippen molar-refractivity contribution < 1.29 is 8.42 Å². The highest BCUT2D eigenvalue weighted by Crippen LogP contribution is 2.13. The minimum absolute atomic E-state index is 0.250. The van der Waals surface area contributed by atoms with Crippen molar-refractivity contribution in [1.82, 2.24) is 14.5 Å².